The average molecular weight is 349 g/mol. The molecule has 3 heteroatoms. The molecule has 2 unspecified atom stereocenters. The van der Waals surface area contributed by atoms with E-state index in [-0.39, 0.29) is 5.76 Å². The van der Waals surface area contributed by atoms with Crippen molar-refractivity contribution in [3.63, 3.8) is 0 Å². The molecule has 0 saturated carbocycles. The number of nitrogens with zero attached hydrogens (tertiary/aromatic N) is 1. The molecule has 3 nitrogen and oxygen atoms in total. The molecular formula is C23H27NO2. The molecular weight excluding hydrogens is 322 g/mol. The molecule has 136 valence electrons. The topological polar surface area (TPSA) is 53.4 Å². The van der Waals surface area contributed by atoms with Crippen molar-refractivity contribution in [1.82, 2.24) is 4.98 Å². The highest BCUT2D eigenvalue weighted by molar-refractivity contribution is 5.77. The van der Waals surface area contributed by atoms with Crippen LogP contribution in [0.15, 0.2) is 72.3 Å². The molecule has 0 radical (unpaired) electrons. The number of aromatic nitrogens is 1. The highest BCUT2D eigenvalue weighted by Crippen LogP contribution is 2.46. The second-order valence-corrected chi connectivity index (χ2v) is 7.13. The van der Waals surface area contributed by atoms with E-state index in [2.05, 4.69) is 18.8 Å². The number of aliphatic hydroxyl groups is 2. The molecule has 2 atom stereocenters. The van der Waals surface area contributed by atoms with Gasteiger partial charge in [-0.2, -0.15) is 0 Å². The quantitative estimate of drug-likeness (QED) is 0.706. The second-order valence-electron chi connectivity index (χ2n) is 7.13. The van der Waals surface area contributed by atoms with Crippen molar-refractivity contribution in [3.8, 4) is 0 Å². The Labute approximate surface area is 155 Å². The molecule has 1 aliphatic rings. The highest BCUT2D eigenvalue weighted by Gasteiger charge is 2.44. The maximum atomic E-state index is 11.4. The van der Waals surface area contributed by atoms with E-state index in [9.17, 15) is 10.2 Å². The zero-order valence-corrected chi connectivity index (χ0v) is 15.5. The summed E-state index contributed by atoms with van der Waals surface area (Å²) in [5.74, 6) is 0.168. The van der Waals surface area contributed by atoms with Gasteiger partial charge in [-0.15, -0.1) is 0 Å². The Kier molecular flexibility index (Phi) is 5.58. The minimum absolute atomic E-state index is 0.168. The molecule has 0 spiro atoms. The lowest BCUT2D eigenvalue weighted by Gasteiger charge is -2.41. The van der Waals surface area contributed by atoms with Crippen LogP contribution in [-0.4, -0.2) is 21.3 Å². The summed E-state index contributed by atoms with van der Waals surface area (Å²) in [6.45, 7) is 4.25. The summed E-state index contributed by atoms with van der Waals surface area (Å²) in [6.07, 6.45) is 8.74. The molecule has 0 amide bonds. The third kappa shape index (κ3) is 3.32. The average Bonchev–Trinajstić information content (AvgIpc) is 2.67. The molecule has 2 N–H and O–H groups in total. The fourth-order valence-electron chi connectivity index (χ4n) is 3.86. The standard InChI is InChI=1S/C23H27NO2/c1-3-4-6-11-19-16-20(25)21(17-9-7-5-8-10-17)22(26)23(19,2)18-12-14-24-15-13-18/h5,7-10,12-16,22,25-26H,3-4,6,11H2,1-2H3. The van der Waals surface area contributed by atoms with Crippen LogP contribution in [0.3, 0.4) is 0 Å². The lowest BCUT2D eigenvalue weighted by Crippen LogP contribution is -2.42. The number of aliphatic hydroxyl groups excluding tert-OH is 2. The van der Waals surface area contributed by atoms with Crippen LogP contribution < -0.4 is 0 Å². The lowest BCUT2D eigenvalue weighted by molar-refractivity contribution is 0.153. The molecule has 0 fully saturated rings. The van der Waals surface area contributed by atoms with E-state index >= 15 is 0 Å². The minimum Gasteiger partial charge on any atom is -0.508 e. The first-order valence-corrected chi connectivity index (χ1v) is 9.37. The molecule has 1 heterocycles. The van der Waals surface area contributed by atoms with Crippen molar-refractivity contribution in [3.05, 3.63) is 83.4 Å². The van der Waals surface area contributed by atoms with Gasteiger partial charge in [-0.05, 0) is 49.1 Å². The van der Waals surface area contributed by atoms with Gasteiger partial charge in [0.25, 0.3) is 0 Å². The Hall–Kier alpha value is -2.39. The maximum absolute atomic E-state index is 11.4. The van der Waals surface area contributed by atoms with E-state index in [0.29, 0.717) is 5.57 Å². The maximum Gasteiger partial charge on any atom is 0.122 e. The highest BCUT2D eigenvalue weighted by atomic mass is 16.3. The number of rotatable bonds is 6. The van der Waals surface area contributed by atoms with Crippen molar-refractivity contribution < 1.29 is 10.2 Å². The number of pyridine rings is 1. The van der Waals surface area contributed by atoms with Crippen LogP contribution in [0.25, 0.3) is 5.57 Å². The predicted octanol–water partition coefficient (Wildman–Crippen LogP) is 5.19. The largest absolute Gasteiger partial charge is 0.508 e. The summed E-state index contributed by atoms with van der Waals surface area (Å²) in [6, 6.07) is 13.6. The van der Waals surface area contributed by atoms with Gasteiger partial charge in [0.2, 0.25) is 0 Å². The summed E-state index contributed by atoms with van der Waals surface area (Å²) in [5.41, 5.74) is 2.94. The smallest absolute Gasteiger partial charge is 0.122 e. The number of allylic oxidation sites excluding steroid dienone is 1. The van der Waals surface area contributed by atoms with E-state index in [1.54, 1.807) is 12.4 Å². The first-order valence-electron chi connectivity index (χ1n) is 9.37. The van der Waals surface area contributed by atoms with Gasteiger partial charge in [0.1, 0.15) is 5.76 Å². The summed E-state index contributed by atoms with van der Waals surface area (Å²) in [4.78, 5) is 4.13. The van der Waals surface area contributed by atoms with Crippen LogP contribution in [0.5, 0.6) is 0 Å². The monoisotopic (exact) mass is 349 g/mol. The number of hydrogen-bond donors (Lipinski definition) is 2. The van der Waals surface area contributed by atoms with Crippen molar-refractivity contribution >= 4 is 5.57 Å². The molecule has 2 aromatic rings. The second kappa shape index (κ2) is 7.88. The zero-order chi connectivity index (χ0) is 18.6. The SMILES string of the molecule is CCCCCC1=CC(O)=C(c2ccccc2)C(O)C1(C)c1ccncc1. The Morgan fingerprint density at radius 1 is 1.04 bits per heavy atom. The molecule has 26 heavy (non-hydrogen) atoms. The number of hydrogen-bond acceptors (Lipinski definition) is 3. The molecule has 1 aromatic carbocycles. The minimum atomic E-state index is -0.825. The first-order chi connectivity index (χ1) is 12.6. The van der Waals surface area contributed by atoms with Gasteiger partial charge >= 0.3 is 0 Å². The summed E-state index contributed by atoms with van der Waals surface area (Å²) in [7, 11) is 0. The molecule has 0 bridgehead atoms. The summed E-state index contributed by atoms with van der Waals surface area (Å²) >= 11 is 0. The van der Waals surface area contributed by atoms with Crippen LogP contribution in [0.4, 0.5) is 0 Å². The Balaban J connectivity index is 2.11. The van der Waals surface area contributed by atoms with Crippen LogP contribution in [-0.2, 0) is 5.41 Å². The molecule has 3 rings (SSSR count). The molecule has 1 aromatic heterocycles. The van der Waals surface area contributed by atoms with Crippen molar-refractivity contribution in [2.24, 2.45) is 0 Å². The van der Waals surface area contributed by atoms with E-state index in [1.807, 2.05) is 48.5 Å². The Morgan fingerprint density at radius 3 is 2.38 bits per heavy atom. The van der Waals surface area contributed by atoms with E-state index in [4.69, 9.17) is 0 Å². The van der Waals surface area contributed by atoms with Gasteiger partial charge < -0.3 is 10.2 Å². The van der Waals surface area contributed by atoms with Crippen LogP contribution in [0.1, 0.15) is 50.7 Å². The fraction of sp³-hybridized carbons (Fsp3) is 0.348. The third-order valence-corrected chi connectivity index (χ3v) is 5.49. The van der Waals surface area contributed by atoms with Crippen molar-refractivity contribution in [2.75, 3.05) is 0 Å². The fourth-order valence-corrected chi connectivity index (χ4v) is 3.86. The van der Waals surface area contributed by atoms with Gasteiger partial charge in [-0.25, -0.2) is 0 Å². The predicted molar refractivity (Wildman–Crippen MR) is 106 cm³/mol. The molecule has 1 aliphatic carbocycles. The van der Waals surface area contributed by atoms with Gasteiger partial charge in [-0.1, -0.05) is 55.7 Å². The molecule has 0 saturated heterocycles. The third-order valence-electron chi connectivity index (χ3n) is 5.49. The van der Waals surface area contributed by atoms with E-state index in [1.165, 1.54) is 0 Å². The first kappa shape index (κ1) is 18.4. The van der Waals surface area contributed by atoms with Crippen molar-refractivity contribution in [2.45, 2.75) is 51.0 Å². The van der Waals surface area contributed by atoms with Crippen molar-refractivity contribution in [1.29, 1.82) is 0 Å². The summed E-state index contributed by atoms with van der Waals surface area (Å²) < 4.78 is 0. The van der Waals surface area contributed by atoms with Gasteiger partial charge in [0.05, 0.1) is 6.10 Å². The normalized spacial score (nSPS) is 23.0. The van der Waals surface area contributed by atoms with Gasteiger partial charge in [0, 0.05) is 23.4 Å². The van der Waals surface area contributed by atoms with E-state index in [0.717, 1.165) is 42.4 Å². The summed E-state index contributed by atoms with van der Waals surface area (Å²) in [5, 5.41) is 22.1. The van der Waals surface area contributed by atoms with Gasteiger partial charge in [0.15, 0.2) is 0 Å². The van der Waals surface area contributed by atoms with Crippen LogP contribution in [0, 0.1) is 0 Å². The molecule has 0 aliphatic heterocycles. The van der Waals surface area contributed by atoms with Crippen LogP contribution in [0.2, 0.25) is 0 Å². The van der Waals surface area contributed by atoms with E-state index < -0.39 is 11.5 Å². The Morgan fingerprint density at radius 2 is 1.73 bits per heavy atom. The van der Waals surface area contributed by atoms with Gasteiger partial charge in [-0.3, -0.25) is 4.98 Å². The zero-order valence-electron chi connectivity index (χ0n) is 15.5. The number of unbranched alkanes of at least 4 members (excludes halogenated alkanes) is 2. The Bertz CT molecular complexity index is 795. The van der Waals surface area contributed by atoms with Crippen LogP contribution >= 0.6 is 0 Å². The lowest BCUT2D eigenvalue weighted by atomic mass is 9.64. The number of benzene rings is 1.